The zero-order valence-electron chi connectivity index (χ0n) is 11.8. The number of nitrogens with zero attached hydrogens (tertiary/aromatic N) is 4. The largest absolute Gasteiger partial charge is 0.280 e. The Morgan fingerprint density at radius 1 is 1.09 bits per heavy atom. The van der Waals surface area contributed by atoms with Crippen molar-refractivity contribution in [3.05, 3.63) is 59.6 Å². The Kier molecular flexibility index (Phi) is 3.98. The van der Waals surface area contributed by atoms with Crippen LogP contribution in [0.5, 0.6) is 0 Å². The summed E-state index contributed by atoms with van der Waals surface area (Å²) in [6, 6.07) is 15.6. The van der Waals surface area contributed by atoms with Crippen LogP contribution in [-0.2, 0) is 4.79 Å². The van der Waals surface area contributed by atoms with Gasteiger partial charge in [-0.25, -0.2) is 0 Å². The number of azo groups is 1. The fourth-order valence-electron chi connectivity index (χ4n) is 2.10. The molecular formula is C16H13ClN4O. The van der Waals surface area contributed by atoms with Gasteiger partial charge in [-0.3, -0.25) is 4.79 Å². The molecule has 1 atom stereocenters. The number of hydrogen-bond acceptors (Lipinski definition) is 4. The Hall–Kier alpha value is -2.53. The van der Waals surface area contributed by atoms with Gasteiger partial charge in [0.15, 0.2) is 6.04 Å². The smallest absolute Gasteiger partial charge is 0.269 e. The quantitative estimate of drug-likeness (QED) is 0.783. The number of carbonyl (C=O) groups excluding carboxylic acids is 1. The van der Waals surface area contributed by atoms with Crippen molar-refractivity contribution < 1.29 is 4.79 Å². The SMILES string of the molecule is CC1=NN(c2ccccc2)C(=O)[C@H]1N=Nc1ccccc1Cl. The summed E-state index contributed by atoms with van der Waals surface area (Å²) in [4.78, 5) is 12.4. The van der Waals surface area contributed by atoms with Gasteiger partial charge >= 0.3 is 0 Å². The van der Waals surface area contributed by atoms with Gasteiger partial charge in [-0.05, 0) is 31.2 Å². The highest BCUT2D eigenvalue weighted by molar-refractivity contribution is 6.32. The van der Waals surface area contributed by atoms with E-state index in [0.29, 0.717) is 22.1 Å². The normalized spacial score (nSPS) is 18.1. The van der Waals surface area contributed by atoms with Crippen molar-refractivity contribution in [3.63, 3.8) is 0 Å². The van der Waals surface area contributed by atoms with E-state index in [1.54, 1.807) is 19.1 Å². The van der Waals surface area contributed by atoms with E-state index in [4.69, 9.17) is 11.6 Å². The molecule has 3 rings (SSSR count). The molecule has 5 nitrogen and oxygen atoms in total. The van der Waals surface area contributed by atoms with Gasteiger partial charge in [-0.2, -0.15) is 20.3 Å². The number of halogens is 1. The van der Waals surface area contributed by atoms with Gasteiger partial charge < -0.3 is 0 Å². The molecule has 1 aliphatic heterocycles. The van der Waals surface area contributed by atoms with Crippen LogP contribution in [0.1, 0.15) is 6.92 Å². The molecule has 2 aromatic carbocycles. The van der Waals surface area contributed by atoms with Crippen molar-refractivity contribution >= 4 is 34.6 Å². The molecule has 0 radical (unpaired) electrons. The summed E-state index contributed by atoms with van der Waals surface area (Å²) < 4.78 is 0. The summed E-state index contributed by atoms with van der Waals surface area (Å²) in [5.74, 6) is -0.223. The third-order valence-electron chi connectivity index (χ3n) is 3.23. The lowest BCUT2D eigenvalue weighted by atomic mass is 10.2. The van der Waals surface area contributed by atoms with Crippen LogP contribution in [0.4, 0.5) is 11.4 Å². The van der Waals surface area contributed by atoms with Crippen molar-refractivity contribution in [1.29, 1.82) is 0 Å². The van der Waals surface area contributed by atoms with Crippen LogP contribution in [0.3, 0.4) is 0 Å². The van der Waals surface area contributed by atoms with Crippen molar-refractivity contribution in [2.45, 2.75) is 13.0 Å². The van der Waals surface area contributed by atoms with Crippen LogP contribution in [0.25, 0.3) is 0 Å². The lowest BCUT2D eigenvalue weighted by Crippen LogP contribution is -2.29. The number of rotatable bonds is 3. The fraction of sp³-hybridized carbons (Fsp3) is 0.125. The van der Waals surface area contributed by atoms with E-state index in [9.17, 15) is 4.79 Å². The van der Waals surface area contributed by atoms with E-state index in [2.05, 4.69) is 15.3 Å². The summed E-state index contributed by atoms with van der Waals surface area (Å²) in [6.45, 7) is 1.76. The fourth-order valence-corrected chi connectivity index (χ4v) is 2.27. The standard InChI is InChI=1S/C16H13ClN4O/c1-11-15(19-18-14-10-6-5-9-13(14)17)16(22)21(20-11)12-7-3-2-4-8-12/h2-10,15H,1H3/t15-/m0/s1. The Balaban J connectivity index is 1.83. The number of anilines is 1. The zero-order valence-corrected chi connectivity index (χ0v) is 12.6. The molecule has 0 saturated carbocycles. The highest BCUT2D eigenvalue weighted by atomic mass is 35.5. The first-order valence-electron chi connectivity index (χ1n) is 6.76. The van der Waals surface area contributed by atoms with E-state index in [-0.39, 0.29) is 5.91 Å². The summed E-state index contributed by atoms with van der Waals surface area (Å²) in [5.41, 5.74) is 1.84. The van der Waals surface area contributed by atoms with Crippen LogP contribution in [-0.4, -0.2) is 17.7 Å². The van der Waals surface area contributed by atoms with Crippen LogP contribution in [0, 0.1) is 0 Å². The van der Waals surface area contributed by atoms with Gasteiger partial charge in [0.1, 0.15) is 5.69 Å². The van der Waals surface area contributed by atoms with E-state index in [1.807, 2.05) is 42.5 Å². The molecule has 0 N–H and O–H groups in total. The minimum atomic E-state index is -0.712. The maximum absolute atomic E-state index is 12.4. The van der Waals surface area contributed by atoms with E-state index in [1.165, 1.54) is 5.01 Å². The van der Waals surface area contributed by atoms with Crippen LogP contribution >= 0.6 is 11.6 Å². The van der Waals surface area contributed by atoms with Gasteiger partial charge in [0.05, 0.1) is 16.4 Å². The molecule has 0 spiro atoms. The highest BCUT2D eigenvalue weighted by Gasteiger charge is 2.34. The Morgan fingerprint density at radius 2 is 1.77 bits per heavy atom. The first-order chi connectivity index (χ1) is 10.7. The van der Waals surface area contributed by atoms with Gasteiger partial charge in [0.25, 0.3) is 5.91 Å². The van der Waals surface area contributed by atoms with Crippen LogP contribution < -0.4 is 5.01 Å². The van der Waals surface area contributed by atoms with Crippen molar-refractivity contribution in [3.8, 4) is 0 Å². The van der Waals surface area contributed by atoms with Crippen LogP contribution in [0.2, 0.25) is 5.02 Å². The number of carbonyl (C=O) groups is 1. The molecule has 22 heavy (non-hydrogen) atoms. The maximum Gasteiger partial charge on any atom is 0.280 e. The molecule has 1 amide bonds. The second-order valence-electron chi connectivity index (χ2n) is 4.80. The highest BCUT2D eigenvalue weighted by Crippen LogP contribution is 2.26. The predicted molar refractivity (Wildman–Crippen MR) is 86.8 cm³/mol. The summed E-state index contributed by atoms with van der Waals surface area (Å²) in [6.07, 6.45) is 0. The number of para-hydroxylation sites is 1. The molecule has 0 fully saturated rings. The van der Waals surface area contributed by atoms with E-state index >= 15 is 0 Å². The molecule has 0 unspecified atom stereocenters. The van der Waals surface area contributed by atoms with Crippen molar-refractivity contribution in [2.24, 2.45) is 15.3 Å². The molecule has 2 aromatic rings. The Labute approximate surface area is 132 Å². The second-order valence-corrected chi connectivity index (χ2v) is 5.20. The average Bonchev–Trinajstić information content (AvgIpc) is 2.82. The molecule has 110 valence electrons. The third-order valence-corrected chi connectivity index (χ3v) is 3.55. The molecule has 6 heteroatoms. The third kappa shape index (κ3) is 2.76. The first-order valence-corrected chi connectivity index (χ1v) is 7.14. The molecule has 0 aliphatic carbocycles. The van der Waals surface area contributed by atoms with E-state index < -0.39 is 6.04 Å². The first kappa shape index (κ1) is 14.4. The average molecular weight is 313 g/mol. The van der Waals surface area contributed by atoms with Crippen molar-refractivity contribution in [2.75, 3.05) is 5.01 Å². The Bertz CT molecular complexity index is 758. The second kappa shape index (κ2) is 6.07. The number of hydrazone groups is 1. The van der Waals surface area contributed by atoms with Crippen LogP contribution in [0.15, 0.2) is 69.9 Å². The molecule has 0 bridgehead atoms. The van der Waals surface area contributed by atoms with Gasteiger partial charge in [0.2, 0.25) is 0 Å². The lowest BCUT2D eigenvalue weighted by molar-refractivity contribution is -0.117. The predicted octanol–water partition coefficient (Wildman–Crippen LogP) is 4.22. The monoisotopic (exact) mass is 312 g/mol. The minimum Gasteiger partial charge on any atom is -0.269 e. The number of hydrogen-bond donors (Lipinski definition) is 0. The summed E-state index contributed by atoms with van der Waals surface area (Å²) in [7, 11) is 0. The van der Waals surface area contributed by atoms with Gasteiger partial charge in [-0.1, -0.05) is 41.9 Å². The molecular weight excluding hydrogens is 300 g/mol. The van der Waals surface area contributed by atoms with E-state index in [0.717, 1.165) is 0 Å². The topological polar surface area (TPSA) is 57.4 Å². The molecule has 1 heterocycles. The zero-order chi connectivity index (χ0) is 15.5. The molecule has 0 saturated heterocycles. The molecule has 1 aliphatic rings. The molecule has 0 aromatic heterocycles. The van der Waals surface area contributed by atoms with Gasteiger partial charge in [-0.15, -0.1) is 0 Å². The number of benzene rings is 2. The lowest BCUT2D eigenvalue weighted by Gasteiger charge is -2.11. The minimum absolute atomic E-state index is 0.223. The summed E-state index contributed by atoms with van der Waals surface area (Å²) >= 11 is 6.03. The maximum atomic E-state index is 12.4. The Morgan fingerprint density at radius 3 is 2.50 bits per heavy atom. The van der Waals surface area contributed by atoms with Crippen molar-refractivity contribution in [1.82, 2.24) is 0 Å². The summed E-state index contributed by atoms with van der Waals surface area (Å²) in [5, 5.41) is 14.3. The van der Waals surface area contributed by atoms with Gasteiger partial charge in [0, 0.05) is 0 Å². The number of amides is 1.